The summed E-state index contributed by atoms with van der Waals surface area (Å²) >= 11 is 0. The lowest BCUT2D eigenvalue weighted by atomic mass is 9.88. The molecule has 0 aliphatic carbocycles. The molecule has 1 saturated heterocycles. The standard InChI is InChI=1S/C18H23N3O2/c1-11(2)16-10-20-18(23-16)13-4-6-15(7-5-13)21-17(22)12(3)14-8-19-9-14/h4-7,10-12,14,19H,8-9H2,1-3H3,(H,21,22). The molecule has 1 aliphatic rings. The monoisotopic (exact) mass is 313 g/mol. The fraction of sp³-hybridized carbons (Fsp3) is 0.444. The summed E-state index contributed by atoms with van der Waals surface area (Å²) in [4.78, 5) is 16.5. The van der Waals surface area contributed by atoms with Crippen molar-refractivity contribution in [1.82, 2.24) is 10.3 Å². The average molecular weight is 313 g/mol. The minimum atomic E-state index is 0.0243. The van der Waals surface area contributed by atoms with E-state index >= 15 is 0 Å². The normalized spacial score (nSPS) is 16.2. The van der Waals surface area contributed by atoms with E-state index in [-0.39, 0.29) is 11.8 Å². The molecule has 1 aromatic heterocycles. The highest BCUT2D eigenvalue weighted by molar-refractivity contribution is 5.92. The Morgan fingerprint density at radius 2 is 1.96 bits per heavy atom. The number of aromatic nitrogens is 1. The van der Waals surface area contributed by atoms with E-state index in [9.17, 15) is 4.79 Å². The van der Waals surface area contributed by atoms with Gasteiger partial charge in [-0.05, 0) is 43.3 Å². The zero-order valence-corrected chi connectivity index (χ0v) is 13.8. The van der Waals surface area contributed by atoms with Gasteiger partial charge < -0.3 is 15.1 Å². The van der Waals surface area contributed by atoms with E-state index in [1.807, 2.05) is 31.2 Å². The van der Waals surface area contributed by atoms with Gasteiger partial charge in [-0.1, -0.05) is 20.8 Å². The predicted octanol–water partition coefficient (Wildman–Crippen LogP) is 3.26. The van der Waals surface area contributed by atoms with Gasteiger partial charge >= 0.3 is 0 Å². The topological polar surface area (TPSA) is 67.2 Å². The first-order valence-electron chi connectivity index (χ1n) is 8.12. The number of hydrogen-bond acceptors (Lipinski definition) is 4. The maximum atomic E-state index is 12.2. The van der Waals surface area contributed by atoms with E-state index in [0.717, 1.165) is 30.1 Å². The van der Waals surface area contributed by atoms with Crippen molar-refractivity contribution in [3.05, 3.63) is 36.2 Å². The third-order valence-electron chi connectivity index (χ3n) is 4.43. The second-order valence-corrected chi connectivity index (χ2v) is 6.50. The minimum absolute atomic E-state index is 0.0243. The smallest absolute Gasteiger partial charge is 0.227 e. The van der Waals surface area contributed by atoms with E-state index in [0.29, 0.717) is 17.7 Å². The van der Waals surface area contributed by atoms with Gasteiger partial charge in [0.25, 0.3) is 0 Å². The first kappa shape index (κ1) is 15.7. The van der Waals surface area contributed by atoms with Crippen LogP contribution in [0.25, 0.3) is 11.5 Å². The molecule has 0 spiro atoms. The largest absolute Gasteiger partial charge is 0.441 e. The quantitative estimate of drug-likeness (QED) is 0.889. The Labute approximate surface area is 136 Å². The number of oxazole rings is 1. The highest BCUT2D eigenvalue weighted by Crippen LogP contribution is 2.25. The first-order valence-corrected chi connectivity index (χ1v) is 8.12. The number of carbonyl (C=O) groups excluding carboxylic acids is 1. The highest BCUT2D eigenvalue weighted by atomic mass is 16.4. The number of nitrogens with zero attached hydrogens (tertiary/aromatic N) is 1. The van der Waals surface area contributed by atoms with Crippen molar-refractivity contribution in [3.8, 4) is 11.5 Å². The molecule has 0 saturated carbocycles. The van der Waals surface area contributed by atoms with Gasteiger partial charge in [-0.15, -0.1) is 0 Å². The van der Waals surface area contributed by atoms with Crippen LogP contribution in [0.5, 0.6) is 0 Å². The van der Waals surface area contributed by atoms with Crippen LogP contribution in [0.15, 0.2) is 34.9 Å². The molecule has 5 heteroatoms. The molecule has 1 unspecified atom stereocenters. The molecule has 2 heterocycles. The number of benzene rings is 1. The van der Waals surface area contributed by atoms with E-state index in [2.05, 4.69) is 29.5 Å². The minimum Gasteiger partial charge on any atom is -0.441 e. The molecule has 5 nitrogen and oxygen atoms in total. The van der Waals surface area contributed by atoms with Crippen molar-refractivity contribution in [3.63, 3.8) is 0 Å². The van der Waals surface area contributed by atoms with Crippen LogP contribution in [0.1, 0.15) is 32.4 Å². The van der Waals surface area contributed by atoms with E-state index in [4.69, 9.17) is 4.42 Å². The van der Waals surface area contributed by atoms with Gasteiger partial charge in [0.2, 0.25) is 11.8 Å². The Morgan fingerprint density at radius 1 is 1.26 bits per heavy atom. The summed E-state index contributed by atoms with van der Waals surface area (Å²) in [7, 11) is 0. The van der Waals surface area contributed by atoms with Gasteiger partial charge in [-0.3, -0.25) is 4.79 Å². The number of anilines is 1. The maximum Gasteiger partial charge on any atom is 0.227 e. The van der Waals surface area contributed by atoms with Gasteiger partial charge in [0.05, 0.1) is 6.20 Å². The molecule has 23 heavy (non-hydrogen) atoms. The number of rotatable bonds is 5. The third kappa shape index (κ3) is 3.45. The lowest BCUT2D eigenvalue weighted by Crippen LogP contribution is -2.48. The molecule has 1 aliphatic heterocycles. The Morgan fingerprint density at radius 3 is 2.48 bits per heavy atom. The Hall–Kier alpha value is -2.14. The van der Waals surface area contributed by atoms with Crippen molar-refractivity contribution in [1.29, 1.82) is 0 Å². The van der Waals surface area contributed by atoms with Crippen LogP contribution in [0.4, 0.5) is 5.69 Å². The molecule has 1 atom stereocenters. The van der Waals surface area contributed by atoms with Crippen LogP contribution in [0, 0.1) is 11.8 Å². The van der Waals surface area contributed by atoms with Crippen molar-refractivity contribution in [2.45, 2.75) is 26.7 Å². The van der Waals surface area contributed by atoms with Crippen LogP contribution in [0.2, 0.25) is 0 Å². The van der Waals surface area contributed by atoms with Crippen LogP contribution in [0.3, 0.4) is 0 Å². The molecule has 2 aromatic rings. The fourth-order valence-electron chi connectivity index (χ4n) is 2.52. The van der Waals surface area contributed by atoms with E-state index in [1.165, 1.54) is 0 Å². The number of carbonyl (C=O) groups is 1. The predicted molar refractivity (Wildman–Crippen MR) is 90.2 cm³/mol. The molecule has 0 bridgehead atoms. The molecular weight excluding hydrogens is 290 g/mol. The molecule has 1 aromatic carbocycles. The number of hydrogen-bond donors (Lipinski definition) is 2. The molecule has 122 valence electrons. The summed E-state index contributed by atoms with van der Waals surface area (Å²) in [6.07, 6.45) is 1.77. The Kier molecular flexibility index (Phi) is 4.48. The van der Waals surface area contributed by atoms with E-state index in [1.54, 1.807) is 6.20 Å². The van der Waals surface area contributed by atoms with Gasteiger partial charge in [0.1, 0.15) is 5.76 Å². The number of nitrogens with one attached hydrogen (secondary N) is 2. The Balaban J connectivity index is 1.65. The lowest BCUT2D eigenvalue weighted by molar-refractivity contribution is -0.121. The summed E-state index contributed by atoms with van der Waals surface area (Å²) in [5.74, 6) is 2.34. The summed E-state index contributed by atoms with van der Waals surface area (Å²) in [5.41, 5.74) is 1.71. The summed E-state index contributed by atoms with van der Waals surface area (Å²) in [6.45, 7) is 7.98. The highest BCUT2D eigenvalue weighted by Gasteiger charge is 2.28. The SMILES string of the molecule is CC(C)c1cnc(-c2ccc(NC(=O)C(C)C3CNC3)cc2)o1. The van der Waals surface area contributed by atoms with Crippen LogP contribution in [-0.4, -0.2) is 24.0 Å². The maximum absolute atomic E-state index is 12.2. The second-order valence-electron chi connectivity index (χ2n) is 6.50. The van der Waals surface area contributed by atoms with Gasteiger partial charge in [0, 0.05) is 23.1 Å². The first-order chi connectivity index (χ1) is 11.0. The van der Waals surface area contributed by atoms with Crippen LogP contribution in [-0.2, 0) is 4.79 Å². The zero-order valence-electron chi connectivity index (χ0n) is 13.8. The van der Waals surface area contributed by atoms with Crippen molar-refractivity contribution >= 4 is 11.6 Å². The molecule has 1 amide bonds. The number of amides is 1. The molecular formula is C18H23N3O2. The van der Waals surface area contributed by atoms with Crippen molar-refractivity contribution < 1.29 is 9.21 Å². The molecule has 3 rings (SSSR count). The van der Waals surface area contributed by atoms with E-state index < -0.39 is 0 Å². The second kappa shape index (κ2) is 6.54. The molecule has 1 fully saturated rings. The van der Waals surface area contributed by atoms with Crippen LogP contribution < -0.4 is 10.6 Å². The van der Waals surface area contributed by atoms with Gasteiger partial charge in [-0.25, -0.2) is 4.98 Å². The van der Waals surface area contributed by atoms with Crippen molar-refractivity contribution in [2.75, 3.05) is 18.4 Å². The summed E-state index contributed by atoms with van der Waals surface area (Å²) in [5, 5.41) is 6.17. The van der Waals surface area contributed by atoms with Crippen LogP contribution >= 0.6 is 0 Å². The Bertz CT molecular complexity index is 672. The summed E-state index contributed by atoms with van der Waals surface area (Å²) in [6, 6.07) is 7.61. The van der Waals surface area contributed by atoms with Crippen molar-refractivity contribution in [2.24, 2.45) is 11.8 Å². The third-order valence-corrected chi connectivity index (χ3v) is 4.43. The zero-order chi connectivity index (χ0) is 16.4. The van der Waals surface area contributed by atoms with Gasteiger partial charge in [-0.2, -0.15) is 0 Å². The lowest BCUT2D eigenvalue weighted by Gasteiger charge is -2.31. The summed E-state index contributed by atoms with van der Waals surface area (Å²) < 4.78 is 5.74. The average Bonchev–Trinajstić information content (AvgIpc) is 2.96. The fourth-order valence-corrected chi connectivity index (χ4v) is 2.52. The molecule has 2 N–H and O–H groups in total. The van der Waals surface area contributed by atoms with Gasteiger partial charge in [0.15, 0.2) is 0 Å². The molecule has 0 radical (unpaired) electrons.